The predicted molar refractivity (Wildman–Crippen MR) is 156 cm³/mol. The van der Waals surface area contributed by atoms with Gasteiger partial charge in [-0.3, -0.25) is 4.90 Å². The molecule has 0 bridgehead atoms. The highest BCUT2D eigenvalue weighted by atomic mass is 32.2. The standard InChI is InChI=1S/C29H33F2N7O2S/c1-19-2-3-22(14-21(19)18-36-8-5-32-6-9-36)34-28-33-17-20-4-7-38(27(20)35-28)23-15-24(30)26(25(31)16-23)29(39,40)37-10-12-41-13-11-37/h2-4,7,14-17,32,39-40H,5-6,8-13,18H2,1H3,(H,33,34,35). The second-order valence-corrected chi connectivity index (χ2v) is 11.7. The first-order valence-electron chi connectivity index (χ1n) is 13.7. The van der Waals surface area contributed by atoms with Gasteiger partial charge in [-0.2, -0.15) is 16.7 Å². The zero-order valence-electron chi connectivity index (χ0n) is 22.8. The molecule has 9 nitrogen and oxygen atoms in total. The lowest BCUT2D eigenvalue weighted by molar-refractivity contribution is -0.276. The molecule has 216 valence electrons. The quantitative estimate of drug-likeness (QED) is 0.245. The third-order valence-corrected chi connectivity index (χ3v) is 8.67. The minimum Gasteiger partial charge on any atom is -0.349 e. The Bertz CT molecular complexity index is 1530. The fourth-order valence-electron chi connectivity index (χ4n) is 5.40. The van der Waals surface area contributed by atoms with Gasteiger partial charge < -0.3 is 25.4 Å². The number of rotatable bonds is 7. The summed E-state index contributed by atoms with van der Waals surface area (Å²) < 4.78 is 32.2. The zero-order chi connectivity index (χ0) is 28.6. The van der Waals surface area contributed by atoms with Gasteiger partial charge >= 0.3 is 0 Å². The van der Waals surface area contributed by atoms with Gasteiger partial charge in [0.15, 0.2) is 0 Å². The number of nitrogens with zero attached hydrogens (tertiary/aromatic N) is 5. The van der Waals surface area contributed by atoms with Gasteiger partial charge in [-0.1, -0.05) is 6.07 Å². The van der Waals surface area contributed by atoms with Crippen LogP contribution in [0, 0.1) is 18.6 Å². The minimum absolute atomic E-state index is 0.169. The van der Waals surface area contributed by atoms with Crippen LogP contribution in [-0.2, 0) is 12.5 Å². The summed E-state index contributed by atoms with van der Waals surface area (Å²) in [4.78, 5) is 12.8. The van der Waals surface area contributed by atoms with Gasteiger partial charge in [0.1, 0.15) is 17.3 Å². The molecular weight excluding hydrogens is 548 g/mol. The zero-order valence-corrected chi connectivity index (χ0v) is 23.6. The molecule has 41 heavy (non-hydrogen) atoms. The van der Waals surface area contributed by atoms with Crippen LogP contribution < -0.4 is 10.6 Å². The summed E-state index contributed by atoms with van der Waals surface area (Å²) in [5, 5.41) is 28.8. The molecule has 2 saturated heterocycles. The van der Waals surface area contributed by atoms with E-state index >= 15 is 8.78 Å². The molecule has 2 aliphatic heterocycles. The van der Waals surface area contributed by atoms with E-state index in [-0.39, 0.29) is 5.69 Å². The number of thioether (sulfide) groups is 1. The SMILES string of the molecule is Cc1ccc(Nc2ncc3ccn(-c4cc(F)c(C(O)(O)N5CCSCC5)c(F)c4)c3n2)cc1CN1CCNCC1. The maximum atomic E-state index is 15.3. The summed E-state index contributed by atoms with van der Waals surface area (Å²) in [5.74, 6) is -3.20. The monoisotopic (exact) mass is 581 g/mol. The van der Waals surface area contributed by atoms with Crippen molar-refractivity contribution in [3.8, 4) is 5.69 Å². The Morgan fingerprint density at radius 3 is 2.49 bits per heavy atom. The molecule has 0 amide bonds. The number of anilines is 2. The maximum absolute atomic E-state index is 15.3. The number of aliphatic hydroxyl groups is 2. The Morgan fingerprint density at radius 2 is 1.76 bits per heavy atom. The lowest BCUT2D eigenvalue weighted by Gasteiger charge is -2.37. The number of piperazine rings is 1. The number of benzene rings is 2. The van der Waals surface area contributed by atoms with E-state index in [4.69, 9.17) is 0 Å². The average Bonchev–Trinajstić information content (AvgIpc) is 3.39. The summed E-state index contributed by atoms with van der Waals surface area (Å²) in [6.45, 7) is 7.56. The highest BCUT2D eigenvalue weighted by molar-refractivity contribution is 7.99. The van der Waals surface area contributed by atoms with Gasteiger partial charge in [-0.25, -0.2) is 18.7 Å². The molecular formula is C29H33F2N7O2S. The van der Waals surface area contributed by atoms with Crippen LogP contribution in [0.15, 0.2) is 48.8 Å². The molecule has 4 heterocycles. The molecule has 0 radical (unpaired) electrons. The number of nitrogens with one attached hydrogen (secondary N) is 2. The van der Waals surface area contributed by atoms with E-state index < -0.39 is 23.1 Å². The average molecular weight is 582 g/mol. The highest BCUT2D eigenvalue weighted by Gasteiger charge is 2.40. The van der Waals surface area contributed by atoms with E-state index in [1.165, 1.54) is 16.0 Å². The van der Waals surface area contributed by atoms with Crippen molar-refractivity contribution in [3.05, 3.63) is 77.1 Å². The number of hydrogen-bond acceptors (Lipinski definition) is 9. The summed E-state index contributed by atoms with van der Waals surface area (Å²) in [6.07, 6.45) is 3.31. The molecule has 12 heteroatoms. The number of aryl methyl sites for hydroxylation is 1. The molecule has 0 unspecified atom stereocenters. The lowest BCUT2D eigenvalue weighted by Crippen LogP contribution is -2.51. The minimum atomic E-state index is -2.75. The lowest BCUT2D eigenvalue weighted by atomic mass is 10.1. The Hall–Kier alpha value is -3.13. The Labute approximate surface area is 241 Å². The van der Waals surface area contributed by atoms with Gasteiger partial charge in [-0.05, 0) is 48.4 Å². The maximum Gasteiger partial charge on any atom is 0.259 e. The summed E-state index contributed by atoms with van der Waals surface area (Å²) in [5.41, 5.74) is 3.12. The molecule has 4 aromatic rings. The van der Waals surface area contributed by atoms with Crippen LogP contribution in [-0.4, -0.2) is 85.3 Å². The highest BCUT2D eigenvalue weighted by Crippen LogP contribution is 2.32. The molecule has 2 aromatic heterocycles. The Kier molecular flexibility index (Phi) is 7.94. The number of aromatic nitrogens is 3. The second kappa shape index (κ2) is 11.6. The number of halogens is 2. The van der Waals surface area contributed by atoms with Crippen molar-refractivity contribution in [2.24, 2.45) is 0 Å². The van der Waals surface area contributed by atoms with Crippen LogP contribution in [0.2, 0.25) is 0 Å². The topological polar surface area (TPSA) is 102 Å². The van der Waals surface area contributed by atoms with Gasteiger partial charge in [0.05, 0.1) is 11.3 Å². The summed E-state index contributed by atoms with van der Waals surface area (Å²) in [6, 6.07) is 10.1. The van der Waals surface area contributed by atoms with E-state index in [1.54, 1.807) is 34.8 Å². The third kappa shape index (κ3) is 5.81. The van der Waals surface area contributed by atoms with Crippen molar-refractivity contribution >= 4 is 34.4 Å². The van der Waals surface area contributed by atoms with Gasteiger partial charge in [0, 0.05) is 80.8 Å². The van der Waals surface area contributed by atoms with Crippen LogP contribution in [0.3, 0.4) is 0 Å². The normalized spacial score (nSPS) is 17.3. The second-order valence-electron chi connectivity index (χ2n) is 10.5. The van der Waals surface area contributed by atoms with Crippen LogP contribution in [0.5, 0.6) is 0 Å². The van der Waals surface area contributed by atoms with Crippen LogP contribution in [0.25, 0.3) is 16.7 Å². The largest absolute Gasteiger partial charge is 0.349 e. The smallest absolute Gasteiger partial charge is 0.259 e. The first-order valence-corrected chi connectivity index (χ1v) is 14.9. The summed E-state index contributed by atoms with van der Waals surface area (Å²) >= 11 is 1.65. The molecule has 2 aliphatic rings. The fraction of sp³-hybridized carbons (Fsp3) is 0.379. The Balaban J connectivity index is 1.27. The third-order valence-electron chi connectivity index (χ3n) is 7.73. The molecule has 0 saturated carbocycles. The van der Waals surface area contributed by atoms with Gasteiger partial charge in [-0.15, -0.1) is 0 Å². The van der Waals surface area contributed by atoms with Crippen LogP contribution in [0.1, 0.15) is 16.7 Å². The molecule has 6 rings (SSSR count). The number of fused-ring (bicyclic) bond motifs is 1. The van der Waals surface area contributed by atoms with Crippen molar-refractivity contribution in [2.45, 2.75) is 19.4 Å². The van der Waals surface area contributed by atoms with E-state index in [0.717, 1.165) is 50.5 Å². The molecule has 2 fully saturated rings. The van der Waals surface area contributed by atoms with Crippen molar-refractivity contribution < 1.29 is 19.0 Å². The van der Waals surface area contributed by atoms with Crippen molar-refractivity contribution in [1.82, 2.24) is 29.7 Å². The summed E-state index contributed by atoms with van der Waals surface area (Å²) in [7, 11) is 0. The number of hydrogen-bond donors (Lipinski definition) is 4. The fourth-order valence-corrected chi connectivity index (χ4v) is 6.30. The van der Waals surface area contributed by atoms with E-state index in [1.807, 2.05) is 6.07 Å². The molecule has 2 aromatic carbocycles. The van der Waals surface area contributed by atoms with Crippen LogP contribution >= 0.6 is 11.8 Å². The molecule has 0 atom stereocenters. The van der Waals surface area contributed by atoms with Gasteiger partial charge in [0.2, 0.25) is 5.95 Å². The van der Waals surface area contributed by atoms with E-state index in [0.29, 0.717) is 41.6 Å². The van der Waals surface area contributed by atoms with Gasteiger partial charge in [0.25, 0.3) is 5.91 Å². The van der Waals surface area contributed by atoms with E-state index in [9.17, 15) is 10.2 Å². The molecule has 4 N–H and O–H groups in total. The van der Waals surface area contributed by atoms with Crippen molar-refractivity contribution in [2.75, 3.05) is 56.1 Å². The molecule has 0 spiro atoms. The van der Waals surface area contributed by atoms with Crippen LogP contribution in [0.4, 0.5) is 20.4 Å². The van der Waals surface area contributed by atoms with Crippen molar-refractivity contribution in [1.29, 1.82) is 0 Å². The van der Waals surface area contributed by atoms with Crippen molar-refractivity contribution in [3.63, 3.8) is 0 Å². The molecule has 0 aliphatic carbocycles. The first-order chi connectivity index (χ1) is 19.8. The van der Waals surface area contributed by atoms with E-state index in [2.05, 4.69) is 44.6 Å². The predicted octanol–water partition coefficient (Wildman–Crippen LogP) is 3.30. The first kappa shape index (κ1) is 28.0. The Morgan fingerprint density at radius 1 is 1.02 bits per heavy atom.